The number of hydrogen-bond acceptors (Lipinski definition) is 5. The number of halogens is 3. The molecular formula is C15H12F3N3O2S. The number of carbonyl (C=O) groups excluding carboxylic acids is 1. The number of aromatic nitrogens is 3. The summed E-state index contributed by atoms with van der Waals surface area (Å²) >= 11 is 1.22. The fourth-order valence-electron chi connectivity index (χ4n) is 2.49. The van der Waals surface area contributed by atoms with Crippen molar-refractivity contribution in [2.75, 3.05) is 6.61 Å². The summed E-state index contributed by atoms with van der Waals surface area (Å²) in [7, 11) is 1.29. The predicted octanol–water partition coefficient (Wildman–Crippen LogP) is 3.89. The van der Waals surface area contributed by atoms with Crippen molar-refractivity contribution in [1.82, 2.24) is 14.8 Å². The highest BCUT2D eigenvalue weighted by molar-refractivity contribution is 7.17. The lowest BCUT2D eigenvalue weighted by molar-refractivity contribution is -0.137. The lowest BCUT2D eigenvalue weighted by Gasteiger charge is -2.10. The molecule has 0 bridgehead atoms. The highest BCUT2D eigenvalue weighted by atomic mass is 32.1. The number of fused-ring (bicyclic) bond motifs is 1. The topological polar surface area (TPSA) is 57.0 Å². The van der Waals surface area contributed by atoms with Crippen molar-refractivity contribution in [3.63, 3.8) is 0 Å². The van der Waals surface area contributed by atoms with Gasteiger partial charge in [-0.3, -0.25) is 4.68 Å². The number of carbonyl (C=O) groups is 1. The third kappa shape index (κ3) is 2.64. The van der Waals surface area contributed by atoms with E-state index in [2.05, 4.69) is 10.1 Å². The molecule has 0 unspecified atom stereocenters. The van der Waals surface area contributed by atoms with E-state index in [9.17, 15) is 18.0 Å². The van der Waals surface area contributed by atoms with E-state index in [-0.39, 0.29) is 17.9 Å². The number of alkyl halides is 3. The van der Waals surface area contributed by atoms with E-state index >= 15 is 0 Å². The van der Waals surface area contributed by atoms with E-state index in [1.165, 1.54) is 31.4 Å². The number of nitrogens with zero attached hydrogens (tertiary/aromatic N) is 3. The molecule has 0 aliphatic heterocycles. The Balaban J connectivity index is 2.31. The SMILES string of the molecule is CCOC(=O)c1c(C(F)(F)F)c(-c2cccc3ncsc23)nn1C. The fourth-order valence-corrected chi connectivity index (χ4v) is 3.29. The van der Waals surface area contributed by atoms with Gasteiger partial charge >= 0.3 is 12.1 Å². The summed E-state index contributed by atoms with van der Waals surface area (Å²) in [6.07, 6.45) is -4.75. The normalized spacial score (nSPS) is 11.9. The molecule has 0 spiro atoms. The molecule has 0 atom stereocenters. The predicted molar refractivity (Wildman–Crippen MR) is 82.8 cm³/mol. The molecule has 0 saturated heterocycles. The Morgan fingerprint density at radius 3 is 2.79 bits per heavy atom. The minimum absolute atomic E-state index is 0.0267. The molecule has 0 aliphatic carbocycles. The van der Waals surface area contributed by atoms with Gasteiger partial charge in [-0.05, 0) is 13.0 Å². The van der Waals surface area contributed by atoms with E-state index in [1.54, 1.807) is 17.6 Å². The molecule has 3 rings (SSSR count). The Morgan fingerprint density at radius 1 is 1.38 bits per heavy atom. The number of hydrogen-bond donors (Lipinski definition) is 0. The first-order valence-corrected chi connectivity index (χ1v) is 7.86. The van der Waals surface area contributed by atoms with Crippen LogP contribution in [0.3, 0.4) is 0 Å². The van der Waals surface area contributed by atoms with Crippen LogP contribution < -0.4 is 0 Å². The minimum atomic E-state index is -4.75. The lowest BCUT2D eigenvalue weighted by Crippen LogP contribution is -2.17. The van der Waals surface area contributed by atoms with Crippen molar-refractivity contribution in [1.29, 1.82) is 0 Å². The van der Waals surface area contributed by atoms with Crippen molar-refractivity contribution in [3.05, 3.63) is 35.0 Å². The van der Waals surface area contributed by atoms with Crippen molar-refractivity contribution >= 4 is 27.5 Å². The van der Waals surface area contributed by atoms with E-state index in [4.69, 9.17) is 4.74 Å². The first kappa shape index (κ1) is 16.4. The maximum Gasteiger partial charge on any atom is 0.420 e. The first-order chi connectivity index (χ1) is 11.3. The van der Waals surface area contributed by atoms with Crippen molar-refractivity contribution in [2.24, 2.45) is 7.05 Å². The zero-order chi connectivity index (χ0) is 17.5. The van der Waals surface area contributed by atoms with Gasteiger partial charge in [-0.15, -0.1) is 11.3 Å². The summed E-state index contributed by atoms with van der Waals surface area (Å²) in [6, 6.07) is 4.85. The highest BCUT2D eigenvalue weighted by Gasteiger charge is 2.43. The number of esters is 1. The van der Waals surface area contributed by atoms with Gasteiger partial charge in [-0.25, -0.2) is 9.78 Å². The van der Waals surface area contributed by atoms with Gasteiger partial charge in [0.15, 0.2) is 5.69 Å². The maximum absolute atomic E-state index is 13.7. The summed E-state index contributed by atoms with van der Waals surface area (Å²) < 4.78 is 47.2. The number of benzene rings is 1. The van der Waals surface area contributed by atoms with Crippen LogP contribution in [0.15, 0.2) is 23.7 Å². The summed E-state index contributed by atoms with van der Waals surface area (Å²) in [5, 5.41) is 3.96. The number of thiazole rings is 1. The molecule has 2 heterocycles. The highest BCUT2D eigenvalue weighted by Crippen LogP contribution is 2.41. The van der Waals surface area contributed by atoms with Gasteiger partial charge in [0.1, 0.15) is 11.3 Å². The van der Waals surface area contributed by atoms with Gasteiger partial charge in [-0.1, -0.05) is 12.1 Å². The van der Waals surface area contributed by atoms with Gasteiger partial charge in [0, 0.05) is 12.6 Å². The molecule has 2 aromatic heterocycles. The number of ether oxygens (including phenoxy) is 1. The third-order valence-corrected chi connectivity index (χ3v) is 4.29. The first-order valence-electron chi connectivity index (χ1n) is 6.98. The molecule has 1 aromatic carbocycles. The zero-order valence-corrected chi connectivity index (χ0v) is 13.5. The van der Waals surface area contributed by atoms with E-state index in [0.717, 1.165) is 4.68 Å². The van der Waals surface area contributed by atoms with Crippen LogP contribution in [0, 0.1) is 0 Å². The van der Waals surface area contributed by atoms with Gasteiger partial charge in [-0.2, -0.15) is 18.3 Å². The summed E-state index contributed by atoms with van der Waals surface area (Å²) in [4.78, 5) is 16.1. The summed E-state index contributed by atoms with van der Waals surface area (Å²) in [6.45, 7) is 1.50. The molecule has 0 radical (unpaired) electrons. The molecule has 24 heavy (non-hydrogen) atoms. The molecule has 9 heteroatoms. The van der Waals surface area contributed by atoms with Crippen molar-refractivity contribution in [2.45, 2.75) is 13.1 Å². The van der Waals surface area contributed by atoms with Gasteiger partial charge < -0.3 is 4.74 Å². The molecule has 126 valence electrons. The van der Waals surface area contributed by atoms with Crippen molar-refractivity contribution in [3.8, 4) is 11.3 Å². The monoisotopic (exact) mass is 355 g/mol. The molecular weight excluding hydrogens is 343 g/mol. The quantitative estimate of drug-likeness (QED) is 0.669. The van der Waals surface area contributed by atoms with Crippen LogP contribution in [-0.4, -0.2) is 27.3 Å². The van der Waals surface area contributed by atoms with Gasteiger partial charge in [0.05, 0.1) is 22.3 Å². The van der Waals surface area contributed by atoms with E-state index in [1.807, 2.05) is 0 Å². The molecule has 0 aliphatic rings. The zero-order valence-electron chi connectivity index (χ0n) is 12.7. The lowest BCUT2D eigenvalue weighted by atomic mass is 10.0. The average molecular weight is 355 g/mol. The Hall–Kier alpha value is -2.42. The minimum Gasteiger partial charge on any atom is -0.461 e. The number of rotatable bonds is 3. The van der Waals surface area contributed by atoms with Crippen LogP contribution in [0.1, 0.15) is 23.0 Å². The molecule has 0 amide bonds. The second kappa shape index (κ2) is 5.90. The van der Waals surface area contributed by atoms with Gasteiger partial charge in [0.2, 0.25) is 0 Å². The largest absolute Gasteiger partial charge is 0.461 e. The van der Waals surface area contributed by atoms with Crippen LogP contribution in [0.4, 0.5) is 13.2 Å². The van der Waals surface area contributed by atoms with Crippen LogP contribution in [-0.2, 0) is 18.0 Å². The van der Waals surface area contributed by atoms with Crippen molar-refractivity contribution < 1.29 is 22.7 Å². The molecule has 0 N–H and O–H groups in total. The fraction of sp³-hybridized carbons (Fsp3) is 0.267. The second-order valence-corrected chi connectivity index (χ2v) is 5.78. The van der Waals surface area contributed by atoms with Crippen LogP contribution in [0.25, 0.3) is 21.5 Å². The molecule has 0 saturated carbocycles. The third-order valence-electron chi connectivity index (χ3n) is 3.41. The summed E-state index contributed by atoms with van der Waals surface area (Å²) in [5.74, 6) is -1.05. The maximum atomic E-state index is 13.7. The Kier molecular flexibility index (Phi) is 4.04. The van der Waals surface area contributed by atoms with Crippen LogP contribution in [0.5, 0.6) is 0 Å². The van der Waals surface area contributed by atoms with Crippen LogP contribution >= 0.6 is 11.3 Å². The average Bonchev–Trinajstić information content (AvgIpc) is 3.10. The summed E-state index contributed by atoms with van der Waals surface area (Å²) in [5.41, 5.74) is 0.409. The Bertz CT molecular complexity index is 914. The van der Waals surface area contributed by atoms with E-state index in [0.29, 0.717) is 10.2 Å². The number of aryl methyl sites for hydroxylation is 1. The Labute approximate surface area is 138 Å². The second-order valence-electron chi connectivity index (χ2n) is 4.92. The standard InChI is InChI=1S/C15H12F3N3O2S/c1-3-23-14(22)12-10(15(16,17)18)11(20-21(12)2)8-5-4-6-9-13(8)24-7-19-9/h4-7H,3H2,1-2H3. The molecule has 3 aromatic rings. The van der Waals surface area contributed by atoms with Gasteiger partial charge in [0.25, 0.3) is 0 Å². The van der Waals surface area contributed by atoms with Crippen LogP contribution in [0.2, 0.25) is 0 Å². The molecule has 5 nitrogen and oxygen atoms in total. The van der Waals surface area contributed by atoms with E-state index < -0.39 is 23.4 Å². The smallest absolute Gasteiger partial charge is 0.420 e. The molecule has 0 fully saturated rings. The Morgan fingerprint density at radius 2 is 2.12 bits per heavy atom.